The standard InChI is InChI=1S/C16H19ClN4O/c1-19-7-6-15(18-19)16(22)21-10-8-20(9-11-21)12-13-4-2-3-5-14(13)17/h2-7H,8-12H2,1H3. The minimum Gasteiger partial charge on any atom is -0.335 e. The van der Waals surface area contributed by atoms with E-state index in [1.54, 1.807) is 16.9 Å². The van der Waals surface area contributed by atoms with Crippen molar-refractivity contribution in [3.05, 3.63) is 52.8 Å². The monoisotopic (exact) mass is 318 g/mol. The molecular weight excluding hydrogens is 300 g/mol. The Morgan fingerprint density at radius 3 is 2.55 bits per heavy atom. The molecule has 0 bridgehead atoms. The Kier molecular flexibility index (Phi) is 4.45. The maximum atomic E-state index is 12.3. The summed E-state index contributed by atoms with van der Waals surface area (Å²) in [5.41, 5.74) is 1.65. The number of aryl methyl sites for hydroxylation is 1. The van der Waals surface area contributed by atoms with Crippen LogP contribution in [0.1, 0.15) is 16.1 Å². The Morgan fingerprint density at radius 1 is 1.18 bits per heavy atom. The van der Waals surface area contributed by atoms with Crippen molar-refractivity contribution >= 4 is 17.5 Å². The first-order valence-electron chi connectivity index (χ1n) is 7.38. The van der Waals surface area contributed by atoms with Gasteiger partial charge < -0.3 is 4.90 Å². The van der Waals surface area contributed by atoms with Gasteiger partial charge in [-0.3, -0.25) is 14.4 Å². The Morgan fingerprint density at radius 2 is 1.91 bits per heavy atom. The van der Waals surface area contributed by atoms with E-state index >= 15 is 0 Å². The number of halogens is 1. The third-order valence-corrected chi connectivity index (χ3v) is 4.31. The number of carbonyl (C=O) groups is 1. The van der Waals surface area contributed by atoms with Crippen molar-refractivity contribution in [1.82, 2.24) is 19.6 Å². The largest absolute Gasteiger partial charge is 0.335 e. The van der Waals surface area contributed by atoms with E-state index in [0.717, 1.165) is 43.3 Å². The van der Waals surface area contributed by atoms with Crippen LogP contribution in [0.5, 0.6) is 0 Å². The van der Waals surface area contributed by atoms with Gasteiger partial charge in [0, 0.05) is 51.0 Å². The van der Waals surface area contributed by atoms with Crippen LogP contribution in [-0.2, 0) is 13.6 Å². The molecule has 1 aromatic carbocycles. The molecule has 22 heavy (non-hydrogen) atoms. The molecular formula is C16H19ClN4O. The normalized spacial score (nSPS) is 16.0. The fourth-order valence-corrected chi connectivity index (χ4v) is 2.86. The number of nitrogens with zero attached hydrogens (tertiary/aromatic N) is 4. The van der Waals surface area contributed by atoms with Crippen molar-refractivity contribution in [2.45, 2.75) is 6.54 Å². The molecule has 2 heterocycles. The number of carbonyl (C=O) groups excluding carboxylic acids is 1. The summed E-state index contributed by atoms with van der Waals surface area (Å²) >= 11 is 6.20. The molecule has 0 N–H and O–H groups in total. The molecule has 3 rings (SSSR count). The van der Waals surface area contributed by atoms with Crippen LogP contribution in [-0.4, -0.2) is 51.7 Å². The molecule has 1 fully saturated rings. The number of rotatable bonds is 3. The Hall–Kier alpha value is -1.85. The van der Waals surface area contributed by atoms with Gasteiger partial charge in [0.2, 0.25) is 0 Å². The van der Waals surface area contributed by atoms with E-state index in [-0.39, 0.29) is 5.91 Å². The van der Waals surface area contributed by atoms with Gasteiger partial charge in [0.1, 0.15) is 5.69 Å². The lowest BCUT2D eigenvalue weighted by molar-refractivity contribution is 0.0622. The predicted octanol–water partition coefficient (Wildman–Crippen LogP) is 2.03. The lowest BCUT2D eigenvalue weighted by atomic mass is 10.2. The highest BCUT2D eigenvalue weighted by atomic mass is 35.5. The molecule has 0 radical (unpaired) electrons. The molecule has 1 aromatic heterocycles. The molecule has 6 heteroatoms. The highest BCUT2D eigenvalue weighted by Gasteiger charge is 2.23. The van der Waals surface area contributed by atoms with Crippen LogP contribution in [0.25, 0.3) is 0 Å². The molecule has 1 aliphatic heterocycles. The maximum Gasteiger partial charge on any atom is 0.274 e. The summed E-state index contributed by atoms with van der Waals surface area (Å²) in [6.45, 7) is 3.97. The summed E-state index contributed by atoms with van der Waals surface area (Å²) < 4.78 is 1.65. The first-order chi connectivity index (χ1) is 10.6. The maximum absolute atomic E-state index is 12.3. The number of hydrogen-bond donors (Lipinski definition) is 0. The van der Waals surface area contributed by atoms with Gasteiger partial charge in [-0.2, -0.15) is 5.10 Å². The average Bonchev–Trinajstić information content (AvgIpc) is 2.96. The molecule has 0 unspecified atom stereocenters. The lowest BCUT2D eigenvalue weighted by Gasteiger charge is -2.34. The minimum absolute atomic E-state index is 0.0120. The summed E-state index contributed by atoms with van der Waals surface area (Å²) in [5.74, 6) is 0.0120. The smallest absolute Gasteiger partial charge is 0.274 e. The Balaban J connectivity index is 1.56. The van der Waals surface area contributed by atoms with Crippen molar-refractivity contribution in [2.75, 3.05) is 26.2 Å². The van der Waals surface area contributed by atoms with Crippen molar-refractivity contribution in [2.24, 2.45) is 7.05 Å². The Bertz CT molecular complexity index is 662. The van der Waals surface area contributed by atoms with Crippen molar-refractivity contribution < 1.29 is 4.79 Å². The van der Waals surface area contributed by atoms with Gasteiger partial charge in [-0.1, -0.05) is 29.8 Å². The van der Waals surface area contributed by atoms with Crippen molar-refractivity contribution in [3.8, 4) is 0 Å². The molecule has 1 saturated heterocycles. The molecule has 1 aliphatic rings. The van der Waals surface area contributed by atoms with E-state index in [1.807, 2.05) is 36.2 Å². The fourth-order valence-electron chi connectivity index (χ4n) is 2.67. The quantitative estimate of drug-likeness (QED) is 0.869. The van der Waals surface area contributed by atoms with Crippen LogP contribution in [0.3, 0.4) is 0 Å². The third kappa shape index (κ3) is 3.31. The van der Waals surface area contributed by atoms with Gasteiger partial charge >= 0.3 is 0 Å². The zero-order valence-corrected chi connectivity index (χ0v) is 13.3. The minimum atomic E-state index is 0.0120. The van der Waals surface area contributed by atoms with Crippen LogP contribution >= 0.6 is 11.6 Å². The molecule has 0 atom stereocenters. The van der Waals surface area contributed by atoms with Gasteiger partial charge in [-0.05, 0) is 17.7 Å². The first kappa shape index (κ1) is 15.1. The zero-order valence-electron chi connectivity index (χ0n) is 12.6. The van der Waals surface area contributed by atoms with Crippen molar-refractivity contribution in [1.29, 1.82) is 0 Å². The zero-order chi connectivity index (χ0) is 15.5. The molecule has 0 saturated carbocycles. The van der Waals surface area contributed by atoms with E-state index in [1.165, 1.54) is 0 Å². The van der Waals surface area contributed by atoms with Gasteiger partial charge in [0.05, 0.1) is 0 Å². The van der Waals surface area contributed by atoms with Crippen molar-refractivity contribution in [3.63, 3.8) is 0 Å². The van der Waals surface area contributed by atoms with Gasteiger partial charge in [-0.25, -0.2) is 0 Å². The Labute approximate surface area is 135 Å². The molecule has 0 aliphatic carbocycles. The van der Waals surface area contributed by atoms with Crippen LogP contribution < -0.4 is 0 Å². The van der Waals surface area contributed by atoms with Crippen LogP contribution in [0.2, 0.25) is 5.02 Å². The van der Waals surface area contributed by atoms with Gasteiger partial charge in [-0.15, -0.1) is 0 Å². The molecule has 5 nitrogen and oxygen atoms in total. The number of piperazine rings is 1. The number of benzene rings is 1. The number of hydrogen-bond acceptors (Lipinski definition) is 3. The number of aromatic nitrogens is 2. The van der Waals surface area contributed by atoms with E-state index in [9.17, 15) is 4.79 Å². The molecule has 116 valence electrons. The van der Waals surface area contributed by atoms with E-state index in [2.05, 4.69) is 10.00 Å². The van der Waals surface area contributed by atoms with Gasteiger partial charge in [0.25, 0.3) is 5.91 Å². The number of amides is 1. The third-order valence-electron chi connectivity index (χ3n) is 3.94. The second-order valence-corrected chi connectivity index (χ2v) is 5.94. The van der Waals surface area contributed by atoms with Crippen LogP contribution in [0.15, 0.2) is 36.5 Å². The van der Waals surface area contributed by atoms with Crippen LogP contribution in [0, 0.1) is 0 Å². The SMILES string of the molecule is Cn1ccc(C(=O)N2CCN(Cc3ccccc3Cl)CC2)n1. The second kappa shape index (κ2) is 6.50. The van der Waals surface area contributed by atoms with Crippen LogP contribution in [0.4, 0.5) is 0 Å². The summed E-state index contributed by atoms with van der Waals surface area (Å²) in [5, 5.41) is 4.98. The molecule has 1 amide bonds. The average molecular weight is 319 g/mol. The topological polar surface area (TPSA) is 41.4 Å². The highest BCUT2D eigenvalue weighted by molar-refractivity contribution is 6.31. The predicted molar refractivity (Wildman–Crippen MR) is 85.8 cm³/mol. The molecule has 2 aromatic rings. The van der Waals surface area contributed by atoms with E-state index < -0.39 is 0 Å². The van der Waals surface area contributed by atoms with E-state index in [4.69, 9.17) is 11.6 Å². The summed E-state index contributed by atoms with van der Waals surface area (Å²) in [4.78, 5) is 16.5. The first-order valence-corrected chi connectivity index (χ1v) is 7.76. The summed E-state index contributed by atoms with van der Waals surface area (Å²) in [6, 6.07) is 9.67. The highest BCUT2D eigenvalue weighted by Crippen LogP contribution is 2.18. The summed E-state index contributed by atoms with van der Waals surface area (Å²) in [7, 11) is 1.82. The molecule has 0 spiro atoms. The second-order valence-electron chi connectivity index (χ2n) is 5.53. The van der Waals surface area contributed by atoms with E-state index in [0.29, 0.717) is 5.69 Å². The fraction of sp³-hybridized carbons (Fsp3) is 0.375. The van der Waals surface area contributed by atoms with Gasteiger partial charge in [0.15, 0.2) is 0 Å². The summed E-state index contributed by atoms with van der Waals surface area (Å²) in [6.07, 6.45) is 1.79. The lowest BCUT2D eigenvalue weighted by Crippen LogP contribution is -2.48.